The van der Waals surface area contributed by atoms with Crippen LogP contribution in [0.3, 0.4) is 0 Å². The minimum atomic E-state index is -4.66. The van der Waals surface area contributed by atoms with E-state index in [0.29, 0.717) is 5.56 Å². The fourth-order valence-corrected chi connectivity index (χ4v) is 4.10. The molecule has 0 N–H and O–H groups in total. The average molecular weight is 453 g/mol. The molecule has 1 aliphatic rings. The van der Waals surface area contributed by atoms with Gasteiger partial charge in [-0.1, -0.05) is 19.3 Å². The number of pyridine rings is 1. The van der Waals surface area contributed by atoms with E-state index >= 15 is 0 Å². The van der Waals surface area contributed by atoms with Gasteiger partial charge < -0.3 is 0 Å². The Labute approximate surface area is 179 Å². The molecule has 3 aromatic rings. The van der Waals surface area contributed by atoms with E-state index < -0.39 is 36.0 Å². The van der Waals surface area contributed by atoms with Crippen molar-refractivity contribution in [2.75, 3.05) is 0 Å². The summed E-state index contributed by atoms with van der Waals surface area (Å²) >= 11 is 0. The van der Waals surface area contributed by atoms with Crippen LogP contribution in [0.5, 0.6) is 0 Å². The lowest BCUT2D eigenvalue weighted by atomic mass is 9.85. The third-order valence-corrected chi connectivity index (χ3v) is 5.64. The van der Waals surface area contributed by atoms with Crippen LogP contribution in [0.15, 0.2) is 41.5 Å². The molecule has 3 heterocycles. The van der Waals surface area contributed by atoms with Crippen LogP contribution in [0, 0.1) is 0 Å². The molecule has 32 heavy (non-hydrogen) atoms. The van der Waals surface area contributed by atoms with Crippen molar-refractivity contribution >= 4 is 0 Å². The number of alkyl halides is 5. The zero-order valence-electron chi connectivity index (χ0n) is 16.9. The molecule has 3 aromatic heterocycles. The molecule has 170 valence electrons. The van der Waals surface area contributed by atoms with Gasteiger partial charge in [0, 0.05) is 18.0 Å². The molecule has 0 atom stereocenters. The largest absolute Gasteiger partial charge is 0.418 e. The van der Waals surface area contributed by atoms with Crippen LogP contribution < -0.4 is 5.56 Å². The summed E-state index contributed by atoms with van der Waals surface area (Å²) in [5.41, 5.74) is -1.99. The minimum Gasteiger partial charge on any atom is -0.267 e. The van der Waals surface area contributed by atoms with Crippen LogP contribution in [0.4, 0.5) is 22.0 Å². The smallest absolute Gasteiger partial charge is 0.267 e. The summed E-state index contributed by atoms with van der Waals surface area (Å²) < 4.78 is 68.9. The highest BCUT2D eigenvalue weighted by molar-refractivity contribution is 5.31. The normalized spacial score (nSPS) is 15.4. The van der Waals surface area contributed by atoms with Crippen molar-refractivity contribution in [2.45, 2.75) is 57.2 Å². The van der Waals surface area contributed by atoms with E-state index in [4.69, 9.17) is 0 Å². The van der Waals surface area contributed by atoms with Gasteiger partial charge in [-0.05, 0) is 43.0 Å². The van der Waals surface area contributed by atoms with E-state index in [1.165, 1.54) is 18.5 Å². The molecule has 1 aliphatic carbocycles. The van der Waals surface area contributed by atoms with Crippen molar-refractivity contribution in [2.24, 2.45) is 0 Å². The summed E-state index contributed by atoms with van der Waals surface area (Å²) in [7, 11) is 0. The monoisotopic (exact) mass is 453 g/mol. The Morgan fingerprint density at radius 2 is 1.84 bits per heavy atom. The highest BCUT2D eigenvalue weighted by Gasteiger charge is 2.34. The zero-order chi connectivity index (χ0) is 22.9. The molecule has 0 bridgehead atoms. The lowest BCUT2D eigenvalue weighted by molar-refractivity contribution is -0.138. The Balaban J connectivity index is 1.85. The Kier molecular flexibility index (Phi) is 6.07. The summed E-state index contributed by atoms with van der Waals surface area (Å²) in [6.45, 7) is -0.548. The van der Waals surface area contributed by atoms with Crippen molar-refractivity contribution < 1.29 is 22.0 Å². The number of hydrogen-bond acceptors (Lipinski definition) is 4. The third-order valence-electron chi connectivity index (χ3n) is 5.64. The number of aromatic nitrogens is 5. The molecular weight excluding hydrogens is 433 g/mol. The van der Waals surface area contributed by atoms with Crippen LogP contribution in [0.1, 0.15) is 67.0 Å². The molecule has 0 amide bonds. The highest BCUT2D eigenvalue weighted by Crippen LogP contribution is 2.33. The van der Waals surface area contributed by atoms with Crippen LogP contribution in [0.25, 0.3) is 5.82 Å². The standard InChI is InChI=1S/C21H20F5N5O/c22-19(23)17-8-10-28-31(17)18-11-14(13-5-2-1-3-6-13)20(32)30(29-18)12-16-15(21(24,25)26)7-4-9-27-16/h4,7-11,13,19H,1-3,5-6,12H2. The van der Waals surface area contributed by atoms with Gasteiger partial charge in [0.2, 0.25) is 0 Å². The molecule has 11 heteroatoms. The van der Waals surface area contributed by atoms with Crippen LogP contribution in [0.2, 0.25) is 0 Å². The predicted octanol–water partition coefficient (Wildman–Crippen LogP) is 4.88. The molecule has 6 nitrogen and oxygen atoms in total. The molecule has 0 spiro atoms. The first-order valence-electron chi connectivity index (χ1n) is 10.2. The van der Waals surface area contributed by atoms with Crippen molar-refractivity contribution in [3.63, 3.8) is 0 Å². The lowest BCUT2D eigenvalue weighted by Gasteiger charge is -2.23. The number of rotatable bonds is 5. The fraction of sp³-hybridized carbons (Fsp3) is 0.429. The number of halogens is 5. The predicted molar refractivity (Wildman–Crippen MR) is 105 cm³/mol. The number of nitrogens with zero attached hydrogens (tertiary/aromatic N) is 5. The zero-order valence-corrected chi connectivity index (χ0v) is 16.9. The van der Waals surface area contributed by atoms with Gasteiger partial charge in [-0.15, -0.1) is 5.10 Å². The summed E-state index contributed by atoms with van der Waals surface area (Å²) in [5.74, 6) is -0.171. The van der Waals surface area contributed by atoms with Gasteiger partial charge in [-0.3, -0.25) is 9.78 Å². The highest BCUT2D eigenvalue weighted by atomic mass is 19.4. The van der Waals surface area contributed by atoms with Crippen LogP contribution in [-0.2, 0) is 12.7 Å². The molecule has 0 aliphatic heterocycles. The fourth-order valence-electron chi connectivity index (χ4n) is 4.10. The summed E-state index contributed by atoms with van der Waals surface area (Å²) in [5, 5.41) is 7.99. The molecule has 0 radical (unpaired) electrons. The summed E-state index contributed by atoms with van der Waals surface area (Å²) in [4.78, 5) is 17.0. The van der Waals surface area contributed by atoms with Gasteiger partial charge in [-0.2, -0.15) is 18.3 Å². The molecule has 1 saturated carbocycles. The maximum Gasteiger partial charge on any atom is 0.418 e. The topological polar surface area (TPSA) is 65.6 Å². The SMILES string of the molecule is O=c1c(C2CCCCC2)cc(-n2nccc2C(F)F)nn1Cc1ncccc1C(F)(F)F. The van der Waals surface area contributed by atoms with Gasteiger partial charge in [-0.25, -0.2) is 18.1 Å². The third kappa shape index (κ3) is 4.42. The van der Waals surface area contributed by atoms with Gasteiger partial charge >= 0.3 is 6.18 Å². The first-order valence-corrected chi connectivity index (χ1v) is 10.2. The van der Waals surface area contributed by atoms with E-state index in [1.54, 1.807) is 0 Å². The second kappa shape index (κ2) is 8.79. The summed E-state index contributed by atoms with van der Waals surface area (Å²) in [6, 6.07) is 4.59. The van der Waals surface area contributed by atoms with E-state index in [-0.39, 0.29) is 17.4 Å². The van der Waals surface area contributed by atoms with E-state index in [9.17, 15) is 26.7 Å². The lowest BCUT2D eigenvalue weighted by Crippen LogP contribution is -2.31. The van der Waals surface area contributed by atoms with Crippen LogP contribution in [-0.4, -0.2) is 24.5 Å². The van der Waals surface area contributed by atoms with Crippen molar-refractivity contribution in [3.05, 3.63) is 69.5 Å². The van der Waals surface area contributed by atoms with Crippen LogP contribution >= 0.6 is 0 Å². The average Bonchev–Trinajstić information content (AvgIpc) is 3.26. The maximum atomic E-state index is 13.4. The second-order valence-corrected chi connectivity index (χ2v) is 7.72. The molecular formula is C21H20F5N5O. The van der Waals surface area contributed by atoms with Crippen molar-refractivity contribution in [1.29, 1.82) is 0 Å². The van der Waals surface area contributed by atoms with E-state index in [2.05, 4.69) is 15.2 Å². The van der Waals surface area contributed by atoms with Gasteiger partial charge in [0.15, 0.2) is 5.82 Å². The minimum absolute atomic E-state index is 0.0463. The number of hydrogen-bond donors (Lipinski definition) is 0. The Hall–Kier alpha value is -3.11. The molecule has 1 fully saturated rings. The molecule has 0 saturated heterocycles. The Morgan fingerprint density at radius 3 is 2.53 bits per heavy atom. The summed E-state index contributed by atoms with van der Waals surface area (Å²) in [6.07, 6.45) is -0.821. The molecule has 4 rings (SSSR count). The first-order chi connectivity index (χ1) is 15.3. The van der Waals surface area contributed by atoms with Crippen molar-refractivity contribution in [1.82, 2.24) is 24.5 Å². The Bertz CT molecular complexity index is 1150. The van der Waals surface area contributed by atoms with Gasteiger partial charge in [0.1, 0.15) is 5.69 Å². The second-order valence-electron chi connectivity index (χ2n) is 7.72. The quantitative estimate of drug-likeness (QED) is 0.517. The Morgan fingerprint density at radius 1 is 1.09 bits per heavy atom. The van der Waals surface area contributed by atoms with Gasteiger partial charge in [0.05, 0.1) is 17.8 Å². The van der Waals surface area contributed by atoms with Crippen molar-refractivity contribution in [3.8, 4) is 5.82 Å². The maximum absolute atomic E-state index is 13.4. The molecule has 0 aromatic carbocycles. The molecule has 0 unspecified atom stereocenters. The first kappa shape index (κ1) is 22.1. The van der Waals surface area contributed by atoms with Gasteiger partial charge in [0.25, 0.3) is 12.0 Å². The van der Waals surface area contributed by atoms with E-state index in [0.717, 1.165) is 59.7 Å². The van der Waals surface area contributed by atoms with E-state index in [1.807, 2.05) is 0 Å².